The second-order valence-electron chi connectivity index (χ2n) is 5.86. The van der Waals surface area contributed by atoms with Gasteiger partial charge in [-0.1, -0.05) is 30.6 Å². The van der Waals surface area contributed by atoms with Gasteiger partial charge < -0.3 is 14.0 Å². The molecule has 24 heavy (non-hydrogen) atoms. The molecule has 1 heterocycles. The molecule has 0 fully saturated rings. The fourth-order valence-corrected chi connectivity index (χ4v) is 2.15. The van der Waals surface area contributed by atoms with E-state index < -0.39 is 0 Å². The van der Waals surface area contributed by atoms with E-state index in [4.69, 9.17) is 14.0 Å². The van der Waals surface area contributed by atoms with Crippen molar-refractivity contribution in [1.82, 2.24) is 10.1 Å². The van der Waals surface area contributed by atoms with Crippen LogP contribution in [0.25, 0.3) is 0 Å². The van der Waals surface area contributed by atoms with Gasteiger partial charge in [-0.15, -0.1) is 0 Å². The maximum Gasteiger partial charge on any atom is 0.310 e. The van der Waals surface area contributed by atoms with Gasteiger partial charge in [0.1, 0.15) is 5.75 Å². The molecule has 1 aromatic carbocycles. The van der Waals surface area contributed by atoms with Gasteiger partial charge in [-0.2, -0.15) is 4.98 Å². The van der Waals surface area contributed by atoms with Crippen LogP contribution in [-0.4, -0.2) is 22.2 Å². The van der Waals surface area contributed by atoms with E-state index in [1.165, 1.54) is 0 Å². The SMILES string of the molecule is CCCCc1noc(COC(=O)Cc2cccc(OC(C)C)c2)n1. The Kier molecular flexibility index (Phi) is 6.78. The monoisotopic (exact) mass is 332 g/mol. The summed E-state index contributed by atoms with van der Waals surface area (Å²) in [7, 11) is 0. The van der Waals surface area contributed by atoms with E-state index in [0.29, 0.717) is 11.7 Å². The molecule has 0 radical (unpaired) electrons. The number of rotatable bonds is 9. The van der Waals surface area contributed by atoms with Crippen molar-refractivity contribution in [3.8, 4) is 5.75 Å². The van der Waals surface area contributed by atoms with Crippen LogP contribution in [0, 0.1) is 0 Å². The van der Waals surface area contributed by atoms with Gasteiger partial charge in [0.25, 0.3) is 5.89 Å². The first-order chi connectivity index (χ1) is 11.6. The van der Waals surface area contributed by atoms with E-state index in [1.807, 2.05) is 38.1 Å². The molecule has 0 atom stereocenters. The molecule has 0 saturated carbocycles. The molecule has 0 aliphatic carbocycles. The number of aryl methyl sites for hydroxylation is 1. The summed E-state index contributed by atoms with van der Waals surface area (Å²) in [6, 6.07) is 7.43. The van der Waals surface area contributed by atoms with Crippen LogP contribution in [0.1, 0.15) is 50.9 Å². The lowest BCUT2D eigenvalue weighted by Gasteiger charge is -2.10. The molecule has 0 spiro atoms. The van der Waals surface area contributed by atoms with Crippen LogP contribution < -0.4 is 4.74 Å². The smallest absolute Gasteiger partial charge is 0.310 e. The summed E-state index contributed by atoms with van der Waals surface area (Å²) >= 11 is 0. The third-order valence-corrected chi connectivity index (χ3v) is 3.24. The molecule has 1 aromatic heterocycles. The fraction of sp³-hybridized carbons (Fsp3) is 0.500. The summed E-state index contributed by atoms with van der Waals surface area (Å²) in [6.07, 6.45) is 3.11. The van der Waals surface area contributed by atoms with Crippen LogP contribution in [0.15, 0.2) is 28.8 Å². The summed E-state index contributed by atoms with van der Waals surface area (Å²) < 4.78 is 15.9. The normalized spacial score (nSPS) is 10.8. The largest absolute Gasteiger partial charge is 0.491 e. The zero-order chi connectivity index (χ0) is 17.4. The standard InChI is InChI=1S/C18H24N2O4/c1-4-5-9-16-19-17(24-20-16)12-22-18(21)11-14-7-6-8-15(10-14)23-13(2)3/h6-8,10,13H,4-5,9,11-12H2,1-3H3. The first-order valence-corrected chi connectivity index (χ1v) is 8.29. The average Bonchev–Trinajstić information content (AvgIpc) is 2.98. The lowest BCUT2D eigenvalue weighted by molar-refractivity contribution is -0.144. The summed E-state index contributed by atoms with van der Waals surface area (Å²) in [5.74, 6) is 1.38. The van der Waals surface area contributed by atoms with Crippen molar-refractivity contribution in [1.29, 1.82) is 0 Å². The second-order valence-corrected chi connectivity index (χ2v) is 5.86. The van der Waals surface area contributed by atoms with Crippen LogP contribution in [0.4, 0.5) is 0 Å². The molecular formula is C18H24N2O4. The Labute approximate surface area is 142 Å². The average molecular weight is 332 g/mol. The number of ether oxygens (including phenoxy) is 2. The van der Waals surface area contributed by atoms with Gasteiger partial charge in [-0.05, 0) is 38.0 Å². The zero-order valence-electron chi connectivity index (χ0n) is 14.4. The topological polar surface area (TPSA) is 74.5 Å². The third kappa shape index (κ3) is 6.02. The van der Waals surface area contributed by atoms with Crippen LogP contribution in [0.5, 0.6) is 5.75 Å². The van der Waals surface area contributed by atoms with Crippen molar-refractivity contribution in [2.45, 2.75) is 59.2 Å². The summed E-state index contributed by atoms with van der Waals surface area (Å²) in [5, 5.41) is 3.86. The maximum atomic E-state index is 11.9. The van der Waals surface area contributed by atoms with Gasteiger partial charge in [0, 0.05) is 6.42 Å². The van der Waals surface area contributed by atoms with Crippen molar-refractivity contribution in [2.24, 2.45) is 0 Å². The number of hydrogen-bond acceptors (Lipinski definition) is 6. The van der Waals surface area contributed by atoms with Gasteiger partial charge in [-0.25, -0.2) is 0 Å². The van der Waals surface area contributed by atoms with Gasteiger partial charge in [0.2, 0.25) is 0 Å². The quantitative estimate of drug-likeness (QED) is 0.654. The van der Waals surface area contributed by atoms with Gasteiger partial charge in [0.05, 0.1) is 12.5 Å². The van der Waals surface area contributed by atoms with E-state index >= 15 is 0 Å². The molecule has 0 unspecified atom stereocenters. The van der Waals surface area contributed by atoms with E-state index in [0.717, 1.165) is 30.6 Å². The lowest BCUT2D eigenvalue weighted by atomic mass is 10.1. The first-order valence-electron chi connectivity index (χ1n) is 8.29. The predicted octanol–water partition coefficient (Wildman–Crippen LogP) is 3.49. The minimum atomic E-state index is -0.343. The molecule has 0 N–H and O–H groups in total. The Balaban J connectivity index is 1.81. The van der Waals surface area contributed by atoms with E-state index in [2.05, 4.69) is 17.1 Å². The summed E-state index contributed by atoms with van der Waals surface area (Å²) in [6.45, 7) is 6.02. The molecule has 0 amide bonds. The Morgan fingerprint density at radius 3 is 2.92 bits per heavy atom. The van der Waals surface area contributed by atoms with Crippen LogP contribution >= 0.6 is 0 Å². The molecular weight excluding hydrogens is 308 g/mol. The van der Waals surface area contributed by atoms with Crippen molar-refractivity contribution in [3.63, 3.8) is 0 Å². The van der Waals surface area contributed by atoms with Crippen molar-refractivity contribution in [2.75, 3.05) is 0 Å². The molecule has 0 aliphatic heterocycles. The van der Waals surface area contributed by atoms with Crippen LogP contribution in [0.3, 0.4) is 0 Å². The molecule has 6 heteroatoms. The number of esters is 1. The molecule has 0 saturated heterocycles. The highest BCUT2D eigenvalue weighted by Crippen LogP contribution is 2.16. The number of benzene rings is 1. The zero-order valence-corrected chi connectivity index (χ0v) is 14.4. The fourth-order valence-electron chi connectivity index (χ4n) is 2.15. The Morgan fingerprint density at radius 2 is 2.17 bits per heavy atom. The maximum absolute atomic E-state index is 11.9. The number of hydrogen-bond donors (Lipinski definition) is 0. The van der Waals surface area contributed by atoms with E-state index in [-0.39, 0.29) is 25.1 Å². The predicted molar refractivity (Wildman–Crippen MR) is 88.6 cm³/mol. The van der Waals surface area contributed by atoms with Gasteiger partial charge in [0.15, 0.2) is 12.4 Å². The highest BCUT2D eigenvalue weighted by molar-refractivity contribution is 5.72. The van der Waals surface area contributed by atoms with E-state index in [9.17, 15) is 4.79 Å². The number of carbonyl (C=O) groups is 1. The minimum Gasteiger partial charge on any atom is -0.491 e. The Morgan fingerprint density at radius 1 is 1.33 bits per heavy atom. The minimum absolute atomic E-state index is 0.000142. The summed E-state index contributed by atoms with van der Waals surface area (Å²) in [5.41, 5.74) is 0.840. The van der Waals surface area contributed by atoms with Crippen molar-refractivity contribution >= 4 is 5.97 Å². The first kappa shape index (κ1) is 18.0. The molecule has 0 aliphatic rings. The molecule has 6 nitrogen and oxygen atoms in total. The number of carbonyl (C=O) groups excluding carboxylic acids is 1. The van der Waals surface area contributed by atoms with Crippen molar-refractivity contribution < 1.29 is 18.8 Å². The lowest BCUT2D eigenvalue weighted by Crippen LogP contribution is -2.09. The molecule has 2 aromatic rings. The highest BCUT2D eigenvalue weighted by Gasteiger charge is 2.11. The number of aromatic nitrogens is 2. The summed E-state index contributed by atoms with van der Waals surface area (Å²) in [4.78, 5) is 16.1. The van der Waals surface area contributed by atoms with E-state index in [1.54, 1.807) is 0 Å². The number of nitrogens with zero attached hydrogens (tertiary/aromatic N) is 2. The Hall–Kier alpha value is -2.37. The van der Waals surface area contributed by atoms with Crippen LogP contribution in [0.2, 0.25) is 0 Å². The second kappa shape index (κ2) is 9.05. The van der Waals surface area contributed by atoms with Gasteiger partial charge >= 0.3 is 5.97 Å². The highest BCUT2D eigenvalue weighted by atomic mass is 16.6. The van der Waals surface area contributed by atoms with Crippen molar-refractivity contribution in [3.05, 3.63) is 41.5 Å². The molecule has 0 bridgehead atoms. The third-order valence-electron chi connectivity index (χ3n) is 3.24. The molecule has 130 valence electrons. The number of unbranched alkanes of at least 4 members (excludes halogenated alkanes) is 1. The van der Waals surface area contributed by atoms with Crippen LogP contribution in [-0.2, 0) is 29.0 Å². The van der Waals surface area contributed by atoms with Gasteiger partial charge in [-0.3, -0.25) is 4.79 Å². The molecule has 2 rings (SSSR count). The Bertz CT molecular complexity index is 652.